The van der Waals surface area contributed by atoms with Gasteiger partial charge in [0.1, 0.15) is 17.7 Å². The summed E-state index contributed by atoms with van der Waals surface area (Å²) in [5.41, 5.74) is 6.14. The van der Waals surface area contributed by atoms with Crippen molar-refractivity contribution in [1.29, 1.82) is 0 Å². The topological polar surface area (TPSA) is 131 Å². The van der Waals surface area contributed by atoms with Crippen LogP contribution in [0.4, 0.5) is 4.79 Å². The van der Waals surface area contributed by atoms with E-state index in [-0.39, 0.29) is 24.8 Å². The molecule has 1 fully saturated rings. The van der Waals surface area contributed by atoms with Crippen LogP contribution in [0.25, 0.3) is 6.08 Å². The maximum Gasteiger partial charge on any atom is 0.408 e. The zero-order chi connectivity index (χ0) is 31.1. The first-order chi connectivity index (χ1) is 19.9. The Bertz CT molecular complexity index is 1050. The average Bonchev–Trinajstić information content (AvgIpc) is 2.93. The molecule has 1 aliphatic rings. The SMILES string of the molecule is C=Cc1cccc(C(C(=O)NC2CCCCC2)N(CCCCCCC)C(=O)C(CCC(N)=O)NC(=O)OC(C)(C)C)c1. The largest absolute Gasteiger partial charge is 0.444 e. The highest BCUT2D eigenvalue weighted by Gasteiger charge is 2.37. The number of ether oxygens (including phenoxy) is 1. The van der Waals surface area contributed by atoms with Crippen molar-refractivity contribution in [3.8, 4) is 0 Å². The van der Waals surface area contributed by atoms with E-state index in [0.717, 1.165) is 63.4 Å². The molecular formula is C33H52N4O5. The molecule has 2 unspecified atom stereocenters. The Morgan fingerprint density at radius 3 is 2.40 bits per heavy atom. The average molecular weight is 585 g/mol. The van der Waals surface area contributed by atoms with Crippen molar-refractivity contribution in [2.24, 2.45) is 5.73 Å². The molecule has 1 aliphatic carbocycles. The molecule has 0 aliphatic heterocycles. The van der Waals surface area contributed by atoms with Crippen molar-refractivity contribution < 1.29 is 23.9 Å². The lowest BCUT2D eigenvalue weighted by Gasteiger charge is -2.36. The van der Waals surface area contributed by atoms with E-state index in [9.17, 15) is 19.2 Å². The number of carbonyl (C=O) groups excluding carboxylic acids is 4. The van der Waals surface area contributed by atoms with Gasteiger partial charge < -0.3 is 26.0 Å². The lowest BCUT2D eigenvalue weighted by Crippen LogP contribution is -2.54. The van der Waals surface area contributed by atoms with Gasteiger partial charge in [0.15, 0.2) is 0 Å². The maximum absolute atomic E-state index is 14.3. The van der Waals surface area contributed by atoms with Crippen LogP contribution in [0.3, 0.4) is 0 Å². The number of rotatable bonds is 16. The van der Waals surface area contributed by atoms with Crippen LogP contribution in [0.2, 0.25) is 0 Å². The van der Waals surface area contributed by atoms with Gasteiger partial charge in [-0.25, -0.2) is 4.79 Å². The van der Waals surface area contributed by atoms with E-state index in [1.165, 1.54) is 0 Å². The molecule has 234 valence electrons. The van der Waals surface area contributed by atoms with E-state index >= 15 is 0 Å². The first-order valence-corrected chi connectivity index (χ1v) is 15.6. The third-order valence-corrected chi connectivity index (χ3v) is 7.43. The fourth-order valence-electron chi connectivity index (χ4n) is 5.30. The van der Waals surface area contributed by atoms with Crippen molar-refractivity contribution in [3.63, 3.8) is 0 Å². The Morgan fingerprint density at radius 1 is 1.10 bits per heavy atom. The summed E-state index contributed by atoms with van der Waals surface area (Å²) < 4.78 is 5.43. The number of nitrogens with zero attached hydrogens (tertiary/aromatic N) is 1. The molecule has 0 radical (unpaired) electrons. The molecule has 4 amide bonds. The molecule has 0 aromatic heterocycles. The number of nitrogens with one attached hydrogen (secondary N) is 2. The van der Waals surface area contributed by atoms with E-state index in [1.54, 1.807) is 31.7 Å². The van der Waals surface area contributed by atoms with Gasteiger partial charge in [-0.05, 0) is 63.6 Å². The summed E-state index contributed by atoms with van der Waals surface area (Å²) in [6.45, 7) is 11.5. The highest BCUT2D eigenvalue weighted by atomic mass is 16.6. The predicted molar refractivity (Wildman–Crippen MR) is 166 cm³/mol. The molecule has 0 heterocycles. The molecule has 0 bridgehead atoms. The highest BCUT2D eigenvalue weighted by Crippen LogP contribution is 2.27. The minimum atomic E-state index is -1.10. The van der Waals surface area contributed by atoms with Crippen molar-refractivity contribution >= 4 is 29.9 Å². The molecule has 4 N–H and O–H groups in total. The number of amides is 4. The predicted octanol–water partition coefficient (Wildman–Crippen LogP) is 5.78. The first-order valence-electron chi connectivity index (χ1n) is 15.6. The van der Waals surface area contributed by atoms with Gasteiger partial charge in [0.05, 0.1) is 0 Å². The third kappa shape index (κ3) is 12.2. The van der Waals surface area contributed by atoms with Crippen LogP contribution in [0.1, 0.15) is 122 Å². The van der Waals surface area contributed by atoms with Crippen LogP contribution in [0.5, 0.6) is 0 Å². The number of primary amides is 1. The van der Waals surface area contributed by atoms with Gasteiger partial charge in [0, 0.05) is 19.0 Å². The van der Waals surface area contributed by atoms with Crippen LogP contribution in [0, 0.1) is 0 Å². The van der Waals surface area contributed by atoms with Crippen molar-refractivity contribution in [3.05, 3.63) is 42.0 Å². The third-order valence-electron chi connectivity index (χ3n) is 7.43. The summed E-state index contributed by atoms with van der Waals surface area (Å²) in [5, 5.41) is 5.88. The summed E-state index contributed by atoms with van der Waals surface area (Å²) in [6, 6.07) is 5.47. The molecule has 1 aromatic carbocycles. The Morgan fingerprint density at radius 2 is 1.79 bits per heavy atom. The Balaban J connectivity index is 2.50. The number of hydrogen-bond donors (Lipinski definition) is 3. The number of alkyl carbamates (subject to hydrolysis) is 1. The molecule has 1 saturated carbocycles. The van der Waals surface area contributed by atoms with Crippen LogP contribution >= 0.6 is 0 Å². The number of hydrogen-bond acceptors (Lipinski definition) is 5. The van der Waals surface area contributed by atoms with Gasteiger partial charge in [-0.1, -0.05) is 82.7 Å². The minimum Gasteiger partial charge on any atom is -0.444 e. The quantitative estimate of drug-likeness (QED) is 0.212. The smallest absolute Gasteiger partial charge is 0.408 e. The van der Waals surface area contributed by atoms with Crippen molar-refractivity contribution in [1.82, 2.24) is 15.5 Å². The van der Waals surface area contributed by atoms with E-state index in [1.807, 2.05) is 24.3 Å². The van der Waals surface area contributed by atoms with Gasteiger partial charge in [0.2, 0.25) is 17.7 Å². The second kappa shape index (κ2) is 17.6. The lowest BCUT2D eigenvalue weighted by molar-refractivity contribution is -0.143. The molecule has 9 nitrogen and oxygen atoms in total. The van der Waals surface area contributed by atoms with E-state index in [2.05, 4.69) is 24.1 Å². The molecule has 2 rings (SSSR count). The van der Waals surface area contributed by atoms with Gasteiger partial charge in [0.25, 0.3) is 0 Å². The molecule has 2 atom stereocenters. The summed E-state index contributed by atoms with van der Waals surface area (Å²) in [6.07, 6.45) is 10.6. The zero-order valence-corrected chi connectivity index (χ0v) is 26.1. The molecule has 0 spiro atoms. The molecule has 0 saturated heterocycles. The Kier molecular flexibility index (Phi) is 14.6. The first kappa shape index (κ1) is 34.8. The van der Waals surface area contributed by atoms with Crippen molar-refractivity contribution in [2.75, 3.05) is 6.54 Å². The van der Waals surface area contributed by atoms with Crippen LogP contribution in [-0.2, 0) is 19.1 Å². The normalized spacial score (nSPS) is 15.2. The van der Waals surface area contributed by atoms with Crippen LogP contribution in [0.15, 0.2) is 30.8 Å². The number of carbonyl (C=O) groups is 4. The Labute approximate surface area is 252 Å². The summed E-state index contributed by atoms with van der Waals surface area (Å²) in [5.74, 6) is -1.29. The number of unbranched alkanes of at least 4 members (excludes halogenated alkanes) is 4. The van der Waals surface area contributed by atoms with E-state index < -0.39 is 35.6 Å². The second-order valence-corrected chi connectivity index (χ2v) is 12.3. The molecular weight excluding hydrogens is 532 g/mol. The molecule has 1 aromatic rings. The molecule has 9 heteroatoms. The van der Waals surface area contributed by atoms with Gasteiger partial charge >= 0.3 is 6.09 Å². The number of benzene rings is 1. The van der Waals surface area contributed by atoms with Gasteiger partial charge in [-0.3, -0.25) is 14.4 Å². The van der Waals surface area contributed by atoms with Gasteiger partial charge in [-0.15, -0.1) is 0 Å². The van der Waals surface area contributed by atoms with Gasteiger partial charge in [-0.2, -0.15) is 0 Å². The Hall–Kier alpha value is -3.36. The standard InChI is InChI=1S/C33H52N4O5/c1-6-8-9-10-14-22-37(31(40)27(20-21-28(34)38)36-32(41)42-33(3,4)5)29(25-17-15-16-24(7-2)23-25)30(39)35-26-18-12-11-13-19-26/h7,15-17,23,26-27,29H,2,6,8-14,18-22H2,1,3-5H3,(H2,34,38)(H,35,39)(H,36,41). The highest BCUT2D eigenvalue weighted by molar-refractivity contribution is 5.92. The summed E-state index contributed by atoms with van der Waals surface area (Å²) in [4.78, 5) is 54.5. The number of nitrogens with two attached hydrogens (primary N) is 1. The fraction of sp³-hybridized carbons (Fsp3) is 0.636. The minimum absolute atomic E-state index is 0.0105. The van der Waals surface area contributed by atoms with E-state index in [0.29, 0.717) is 18.5 Å². The summed E-state index contributed by atoms with van der Waals surface area (Å²) in [7, 11) is 0. The van der Waals surface area contributed by atoms with Crippen LogP contribution in [-0.4, -0.2) is 52.9 Å². The lowest BCUT2D eigenvalue weighted by atomic mass is 9.94. The van der Waals surface area contributed by atoms with E-state index in [4.69, 9.17) is 10.5 Å². The fourth-order valence-corrected chi connectivity index (χ4v) is 5.30. The van der Waals surface area contributed by atoms with Crippen LogP contribution < -0.4 is 16.4 Å². The monoisotopic (exact) mass is 584 g/mol. The zero-order valence-electron chi connectivity index (χ0n) is 26.1. The second-order valence-electron chi connectivity index (χ2n) is 12.3. The van der Waals surface area contributed by atoms with Crippen molar-refractivity contribution in [2.45, 2.75) is 128 Å². The molecule has 42 heavy (non-hydrogen) atoms. The maximum atomic E-state index is 14.3. The summed E-state index contributed by atoms with van der Waals surface area (Å²) >= 11 is 0.